The first-order chi connectivity index (χ1) is 6.40. The first kappa shape index (κ1) is 11.3. The van der Waals surface area contributed by atoms with Gasteiger partial charge in [-0.3, -0.25) is 0 Å². The molecule has 1 atom stereocenters. The number of sulfonamides is 1. The number of carboxylic acid groups (broad SMARTS) is 1. The van der Waals surface area contributed by atoms with Crippen molar-refractivity contribution in [3.05, 3.63) is 0 Å². The predicted molar refractivity (Wildman–Crippen MR) is 50.6 cm³/mol. The van der Waals surface area contributed by atoms with Gasteiger partial charge in [-0.1, -0.05) is 0 Å². The number of carbonyl (C=O) groups is 1. The number of likely N-dealkylation sites (tertiary alicyclic amines) is 1. The Morgan fingerprint density at radius 2 is 2.29 bits per heavy atom. The summed E-state index contributed by atoms with van der Waals surface area (Å²) in [5.41, 5.74) is 0. The van der Waals surface area contributed by atoms with Crippen LogP contribution in [-0.2, 0) is 10.0 Å². The van der Waals surface area contributed by atoms with Gasteiger partial charge in [0.2, 0.25) is 10.0 Å². The topological polar surface area (TPSA) is 86.7 Å². The maximum Gasteiger partial charge on any atom is 0.407 e. The molecule has 14 heavy (non-hydrogen) atoms. The van der Waals surface area contributed by atoms with E-state index < -0.39 is 16.1 Å². The molecule has 1 rings (SSSR count). The average molecular weight is 222 g/mol. The van der Waals surface area contributed by atoms with Crippen molar-refractivity contribution in [3.8, 4) is 0 Å². The Bertz CT molecular complexity index is 314. The third-order valence-electron chi connectivity index (χ3n) is 2.20. The van der Waals surface area contributed by atoms with E-state index in [0.717, 1.165) is 19.1 Å². The molecule has 6 nitrogen and oxygen atoms in total. The van der Waals surface area contributed by atoms with Crippen molar-refractivity contribution < 1.29 is 18.3 Å². The van der Waals surface area contributed by atoms with Gasteiger partial charge in [-0.15, -0.1) is 0 Å². The monoisotopic (exact) mass is 222 g/mol. The fourth-order valence-electron chi connectivity index (χ4n) is 1.55. The molecule has 1 amide bonds. The van der Waals surface area contributed by atoms with Gasteiger partial charge in [-0.05, 0) is 12.8 Å². The molecule has 7 heteroatoms. The van der Waals surface area contributed by atoms with Gasteiger partial charge in [-0.25, -0.2) is 17.9 Å². The summed E-state index contributed by atoms with van der Waals surface area (Å²) in [5.74, 6) is 0. The molecular weight excluding hydrogens is 208 g/mol. The van der Waals surface area contributed by atoms with Gasteiger partial charge in [0.05, 0.1) is 6.26 Å². The summed E-state index contributed by atoms with van der Waals surface area (Å²) >= 11 is 0. The van der Waals surface area contributed by atoms with Crippen LogP contribution in [0.2, 0.25) is 0 Å². The van der Waals surface area contributed by atoms with Gasteiger partial charge in [0.25, 0.3) is 0 Å². The number of amides is 1. The highest BCUT2D eigenvalue weighted by atomic mass is 32.2. The predicted octanol–water partition coefficient (Wildman–Crippen LogP) is -0.322. The second-order valence-corrected chi connectivity index (χ2v) is 5.23. The van der Waals surface area contributed by atoms with Crippen molar-refractivity contribution >= 4 is 16.1 Å². The zero-order valence-electron chi connectivity index (χ0n) is 7.93. The number of hydrogen-bond acceptors (Lipinski definition) is 3. The van der Waals surface area contributed by atoms with Crippen molar-refractivity contribution in [2.75, 3.05) is 19.3 Å². The Balaban J connectivity index is 2.48. The fraction of sp³-hybridized carbons (Fsp3) is 0.857. The van der Waals surface area contributed by atoms with E-state index in [9.17, 15) is 13.2 Å². The third kappa shape index (κ3) is 3.15. The Kier molecular flexibility index (Phi) is 3.33. The standard InChI is InChI=1S/C7H14N2O4S/c1-14(12,13)8-5-6-3-2-4-9(6)7(10)11/h6,8H,2-5H2,1H3,(H,10,11). The number of nitrogens with one attached hydrogen (secondary N) is 1. The molecule has 1 heterocycles. The smallest absolute Gasteiger partial charge is 0.407 e. The number of rotatable bonds is 3. The SMILES string of the molecule is CS(=O)(=O)NCC1CCCN1C(=O)O. The molecule has 0 bridgehead atoms. The van der Waals surface area contributed by atoms with Crippen LogP contribution >= 0.6 is 0 Å². The maximum atomic E-state index is 10.8. The third-order valence-corrected chi connectivity index (χ3v) is 2.90. The van der Waals surface area contributed by atoms with Crippen molar-refractivity contribution in [2.24, 2.45) is 0 Å². The van der Waals surface area contributed by atoms with E-state index in [-0.39, 0.29) is 12.6 Å². The van der Waals surface area contributed by atoms with Crippen molar-refractivity contribution in [1.82, 2.24) is 9.62 Å². The molecule has 0 aliphatic carbocycles. The molecule has 82 valence electrons. The summed E-state index contributed by atoms with van der Waals surface area (Å²) in [6.07, 6.45) is 1.59. The highest BCUT2D eigenvalue weighted by Gasteiger charge is 2.28. The Hall–Kier alpha value is -0.820. The van der Waals surface area contributed by atoms with Crippen LogP contribution in [-0.4, -0.2) is 49.9 Å². The molecule has 0 saturated carbocycles. The molecule has 2 N–H and O–H groups in total. The van der Waals surface area contributed by atoms with Crippen molar-refractivity contribution in [3.63, 3.8) is 0 Å². The van der Waals surface area contributed by atoms with Crippen LogP contribution in [0.25, 0.3) is 0 Å². The minimum atomic E-state index is -3.23. The van der Waals surface area contributed by atoms with Gasteiger partial charge < -0.3 is 10.0 Å². The normalized spacial score (nSPS) is 22.6. The zero-order valence-corrected chi connectivity index (χ0v) is 8.75. The maximum absolute atomic E-state index is 10.8. The minimum absolute atomic E-state index is 0.172. The second kappa shape index (κ2) is 4.14. The lowest BCUT2D eigenvalue weighted by Crippen LogP contribution is -2.42. The fourth-order valence-corrected chi connectivity index (χ4v) is 2.04. The summed E-state index contributed by atoms with van der Waals surface area (Å²) < 4.78 is 23.9. The van der Waals surface area contributed by atoms with E-state index in [2.05, 4.69) is 4.72 Å². The Labute approximate surface area is 82.9 Å². The average Bonchev–Trinajstić information content (AvgIpc) is 2.46. The Morgan fingerprint density at radius 1 is 1.64 bits per heavy atom. The van der Waals surface area contributed by atoms with Crippen molar-refractivity contribution in [2.45, 2.75) is 18.9 Å². The summed E-state index contributed by atoms with van der Waals surface area (Å²) in [4.78, 5) is 12.0. The molecule has 0 aromatic carbocycles. The largest absolute Gasteiger partial charge is 0.465 e. The summed E-state index contributed by atoms with van der Waals surface area (Å²) in [6.45, 7) is 0.663. The molecule has 0 aromatic rings. The zero-order chi connectivity index (χ0) is 10.8. The van der Waals surface area contributed by atoms with Crippen molar-refractivity contribution in [1.29, 1.82) is 0 Å². The second-order valence-electron chi connectivity index (χ2n) is 3.39. The quantitative estimate of drug-likeness (QED) is 0.685. The van der Waals surface area contributed by atoms with E-state index in [1.807, 2.05) is 0 Å². The van der Waals surface area contributed by atoms with Crippen LogP contribution in [0.5, 0.6) is 0 Å². The molecule has 0 radical (unpaired) electrons. The van der Waals surface area contributed by atoms with E-state index in [1.54, 1.807) is 0 Å². The molecule has 1 saturated heterocycles. The van der Waals surface area contributed by atoms with Gasteiger partial charge in [0.1, 0.15) is 0 Å². The lowest BCUT2D eigenvalue weighted by atomic mass is 10.2. The van der Waals surface area contributed by atoms with Crippen LogP contribution in [0.1, 0.15) is 12.8 Å². The van der Waals surface area contributed by atoms with Gasteiger partial charge in [0, 0.05) is 19.1 Å². The van der Waals surface area contributed by atoms with E-state index in [4.69, 9.17) is 5.11 Å². The summed E-state index contributed by atoms with van der Waals surface area (Å²) in [5, 5.41) is 8.76. The summed E-state index contributed by atoms with van der Waals surface area (Å²) in [7, 11) is -3.23. The van der Waals surface area contributed by atoms with E-state index in [0.29, 0.717) is 6.54 Å². The van der Waals surface area contributed by atoms with Crippen LogP contribution < -0.4 is 4.72 Å². The molecular formula is C7H14N2O4S. The lowest BCUT2D eigenvalue weighted by molar-refractivity contribution is 0.140. The highest BCUT2D eigenvalue weighted by Crippen LogP contribution is 2.16. The molecule has 0 spiro atoms. The van der Waals surface area contributed by atoms with E-state index in [1.165, 1.54) is 4.90 Å². The van der Waals surface area contributed by atoms with E-state index >= 15 is 0 Å². The van der Waals surface area contributed by atoms with Gasteiger partial charge in [0.15, 0.2) is 0 Å². The van der Waals surface area contributed by atoms with Crippen LogP contribution in [0.15, 0.2) is 0 Å². The first-order valence-corrected chi connectivity index (χ1v) is 6.23. The van der Waals surface area contributed by atoms with Crippen LogP contribution in [0.3, 0.4) is 0 Å². The number of hydrogen-bond donors (Lipinski definition) is 2. The van der Waals surface area contributed by atoms with Gasteiger partial charge >= 0.3 is 6.09 Å². The minimum Gasteiger partial charge on any atom is -0.465 e. The molecule has 1 aliphatic rings. The molecule has 1 aliphatic heterocycles. The lowest BCUT2D eigenvalue weighted by Gasteiger charge is -2.21. The number of nitrogens with zero attached hydrogens (tertiary/aromatic N) is 1. The Morgan fingerprint density at radius 3 is 2.79 bits per heavy atom. The summed E-state index contributed by atoms with van der Waals surface area (Å²) in [6, 6.07) is -0.220. The van der Waals surface area contributed by atoms with Gasteiger partial charge in [-0.2, -0.15) is 0 Å². The molecule has 1 unspecified atom stereocenters. The first-order valence-electron chi connectivity index (χ1n) is 4.34. The van der Waals surface area contributed by atoms with Crippen LogP contribution in [0.4, 0.5) is 4.79 Å². The van der Waals surface area contributed by atoms with Crippen LogP contribution in [0, 0.1) is 0 Å². The highest BCUT2D eigenvalue weighted by molar-refractivity contribution is 7.88. The molecule has 0 aromatic heterocycles. The molecule has 1 fully saturated rings.